The monoisotopic (exact) mass is 384 g/mol. The standard InChI is InChI=1S/C16H20N2O9/c1-17-15(21)25-5-7-8(6-26-16(22)18-2)12-10(14(20)24-4)9(11(7)27-12)13(19)23-3/h11-12H,5-6H2,1-4H3,(H,17,21)(H,18,22)/t11-,12-/m1/s1. The topological polar surface area (TPSA) is 138 Å². The molecule has 11 heteroatoms. The molecule has 2 heterocycles. The van der Waals surface area contributed by atoms with E-state index in [0.717, 1.165) is 14.2 Å². The summed E-state index contributed by atoms with van der Waals surface area (Å²) in [5, 5.41) is 4.58. The maximum Gasteiger partial charge on any atom is 0.407 e. The highest BCUT2D eigenvalue weighted by Crippen LogP contribution is 2.44. The summed E-state index contributed by atoms with van der Waals surface area (Å²) in [4.78, 5) is 47.2. The molecule has 0 radical (unpaired) electrons. The highest BCUT2D eigenvalue weighted by molar-refractivity contribution is 6.04. The van der Waals surface area contributed by atoms with E-state index in [9.17, 15) is 19.2 Å². The molecule has 0 saturated heterocycles. The van der Waals surface area contributed by atoms with Crippen molar-refractivity contribution < 1.29 is 42.9 Å². The maximum absolute atomic E-state index is 12.2. The Bertz CT molecular complexity index is 667. The first-order chi connectivity index (χ1) is 12.9. The SMILES string of the molecule is CNC(=O)OCC1=C(COC(=O)NC)[C@H]2O[C@H]1C(C(=O)OC)=C2C(=O)OC. The van der Waals surface area contributed by atoms with Gasteiger partial charge in [-0.05, 0) is 0 Å². The molecule has 2 atom stereocenters. The van der Waals surface area contributed by atoms with E-state index in [1.54, 1.807) is 0 Å². The van der Waals surface area contributed by atoms with Crippen molar-refractivity contribution in [1.29, 1.82) is 0 Å². The summed E-state index contributed by atoms with van der Waals surface area (Å²) >= 11 is 0. The Morgan fingerprint density at radius 3 is 1.48 bits per heavy atom. The van der Waals surface area contributed by atoms with Gasteiger partial charge in [0.05, 0.1) is 25.4 Å². The summed E-state index contributed by atoms with van der Waals surface area (Å²) in [7, 11) is 5.10. The summed E-state index contributed by atoms with van der Waals surface area (Å²) in [6.07, 6.45) is -3.36. The molecule has 0 aromatic carbocycles. The van der Waals surface area contributed by atoms with E-state index in [1.807, 2.05) is 0 Å². The van der Waals surface area contributed by atoms with Crippen LogP contribution in [0.25, 0.3) is 0 Å². The zero-order valence-electron chi connectivity index (χ0n) is 15.2. The number of amides is 2. The molecule has 148 valence electrons. The zero-order chi connectivity index (χ0) is 20.1. The van der Waals surface area contributed by atoms with E-state index in [4.69, 9.17) is 23.7 Å². The summed E-state index contributed by atoms with van der Waals surface area (Å²) in [5.41, 5.74) is 0.711. The van der Waals surface area contributed by atoms with Gasteiger partial charge in [-0.3, -0.25) is 0 Å². The van der Waals surface area contributed by atoms with Crippen molar-refractivity contribution in [2.24, 2.45) is 0 Å². The predicted molar refractivity (Wildman–Crippen MR) is 87.6 cm³/mol. The smallest absolute Gasteiger partial charge is 0.407 e. The van der Waals surface area contributed by atoms with Gasteiger partial charge in [0.25, 0.3) is 0 Å². The molecular weight excluding hydrogens is 364 g/mol. The number of esters is 2. The fraction of sp³-hybridized carbons (Fsp3) is 0.500. The molecule has 27 heavy (non-hydrogen) atoms. The van der Waals surface area contributed by atoms with Crippen LogP contribution in [0.5, 0.6) is 0 Å². The van der Waals surface area contributed by atoms with Crippen LogP contribution in [-0.2, 0) is 33.3 Å². The van der Waals surface area contributed by atoms with Gasteiger partial charge in [-0.25, -0.2) is 19.2 Å². The summed E-state index contributed by atoms with van der Waals surface area (Å²) in [6.45, 7) is -0.468. The van der Waals surface area contributed by atoms with E-state index >= 15 is 0 Å². The van der Waals surface area contributed by atoms with Crippen molar-refractivity contribution in [3.8, 4) is 0 Å². The van der Waals surface area contributed by atoms with Crippen molar-refractivity contribution >= 4 is 24.1 Å². The van der Waals surface area contributed by atoms with Gasteiger partial charge in [0.1, 0.15) is 25.4 Å². The molecule has 0 unspecified atom stereocenters. The predicted octanol–water partition coefficient (Wildman–Crippen LogP) is -0.581. The van der Waals surface area contributed by atoms with Gasteiger partial charge in [0, 0.05) is 25.2 Å². The van der Waals surface area contributed by atoms with Crippen LogP contribution in [0.15, 0.2) is 22.3 Å². The first-order valence-corrected chi connectivity index (χ1v) is 7.86. The molecule has 0 aromatic heterocycles. The van der Waals surface area contributed by atoms with Crippen LogP contribution < -0.4 is 10.6 Å². The fourth-order valence-electron chi connectivity index (χ4n) is 2.83. The van der Waals surface area contributed by atoms with Crippen LogP contribution in [0.1, 0.15) is 0 Å². The average molecular weight is 384 g/mol. The Morgan fingerprint density at radius 1 is 0.815 bits per heavy atom. The number of nitrogens with one attached hydrogen (secondary N) is 2. The largest absolute Gasteiger partial charge is 0.466 e. The second-order valence-electron chi connectivity index (χ2n) is 5.41. The molecule has 2 bridgehead atoms. The molecule has 11 nitrogen and oxygen atoms in total. The molecule has 0 saturated carbocycles. The number of carbonyl (C=O) groups is 4. The normalized spacial score (nSPS) is 20.3. The average Bonchev–Trinajstić information content (AvgIpc) is 3.24. The lowest BCUT2D eigenvalue weighted by Gasteiger charge is -2.20. The van der Waals surface area contributed by atoms with Gasteiger partial charge >= 0.3 is 24.1 Å². The minimum atomic E-state index is -0.982. The van der Waals surface area contributed by atoms with Gasteiger partial charge in [-0.15, -0.1) is 0 Å². The van der Waals surface area contributed by atoms with Crippen LogP contribution >= 0.6 is 0 Å². The number of carbonyl (C=O) groups excluding carboxylic acids is 4. The maximum atomic E-state index is 12.2. The Hall–Kier alpha value is -3.08. The molecule has 2 rings (SSSR count). The lowest BCUT2D eigenvalue weighted by atomic mass is 9.86. The summed E-state index contributed by atoms with van der Waals surface area (Å²) < 4.78 is 25.3. The zero-order valence-corrected chi connectivity index (χ0v) is 15.2. The number of hydrogen-bond acceptors (Lipinski definition) is 9. The number of ether oxygens (including phenoxy) is 5. The second kappa shape index (κ2) is 8.54. The third-order valence-electron chi connectivity index (χ3n) is 4.07. The van der Waals surface area contributed by atoms with Gasteiger partial charge < -0.3 is 34.3 Å². The lowest BCUT2D eigenvalue weighted by molar-refractivity contribution is -0.139. The minimum absolute atomic E-state index is 0.0338. The van der Waals surface area contributed by atoms with Gasteiger partial charge in [-0.1, -0.05) is 0 Å². The first kappa shape index (κ1) is 20.2. The number of fused-ring (bicyclic) bond motifs is 2. The Morgan fingerprint density at radius 2 is 1.19 bits per heavy atom. The molecule has 2 aliphatic rings. The molecule has 0 aliphatic carbocycles. The van der Waals surface area contributed by atoms with Crippen LogP contribution in [0.3, 0.4) is 0 Å². The van der Waals surface area contributed by atoms with Gasteiger partial charge in [0.2, 0.25) is 0 Å². The van der Waals surface area contributed by atoms with E-state index in [0.29, 0.717) is 11.1 Å². The highest BCUT2D eigenvalue weighted by Gasteiger charge is 2.52. The lowest BCUT2D eigenvalue weighted by Crippen LogP contribution is -2.31. The van der Waals surface area contributed by atoms with E-state index in [2.05, 4.69) is 10.6 Å². The number of methoxy groups -OCH3 is 2. The van der Waals surface area contributed by atoms with Crippen molar-refractivity contribution in [2.75, 3.05) is 41.5 Å². The van der Waals surface area contributed by atoms with Crippen molar-refractivity contribution in [2.45, 2.75) is 12.2 Å². The van der Waals surface area contributed by atoms with Gasteiger partial charge in [-0.2, -0.15) is 0 Å². The molecule has 0 spiro atoms. The van der Waals surface area contributed by atoms with Crippen molar-refractivity contribution in [1.82, 2.24) is 10.6 Å². The molecule has 0 aromatic rings. The van der Waals surface area contributed by atoms with Crippen LogP contribution in [-0.4, -0.2) is 77.9 Å². The highest BCUT2D eigenvalue weighted by atomic mass is 16.6. The van der Waals surface area contributed by atoms with E-state index in [-0.39, 0.29) is 24.4 Å². The molecule has 2 N–H and O–H groups in total. The number of alkyl carbamates (subject to hydrolysis) is 2. The summed E-state index contributed by atoms with van der Waals surface area (Å²) in [6, 6.07) is 0. The minimum Gasteiger partial charge on any atom is -0.466 e. The molecular formula is C16H20N2O9. The van der Waals surface area contributed by atoms with Crippen LogP contribution in [0.4, 0.5) is 9.59 Å². The number of hydrogen-bond donors (Lipinski definition) is 2. The first-order valence-electron chi connectivity index (χ1n) is 7.86. The van der Waals surface area contributed by atoms with E-state index < -0.39 is 36.3 Å². The third-order valence-corrected chi connectivity index (χ3v) is 4.07. The summed E-state index contributed by atoms with van der Waals surface area (Å²) in [5.74, 6) is -1.54. The van der Waals surface area contributed by atoms with Crippen LogP contribution in [0.2, 0.25) is 0 Å². The molecule has 0 fully saturated rings. The fourth-order valence-corrected chi connectivity index (χ4v) is 2.83. The Labute approximate surface area is 154 Å². The van der Waals surface area contributed by atoms with Gasteiger partial charge in [0.15, 0.2) is 0 Å². The van der Waals surface area contributed by atoms with Crippen molar-refractivity contribution in [3.63, 3.8) is 0 Å². The van der Waals surface area contributed by atoms with Crippen molar-refractivity contribution in [3.05, 3.63) is 22.3 Å². The quantitative estimate of drug-likeness (QED) is 0.350. The van der Waals surface area contributed by atoms with Crippen LogP contribution in [0, 0.1) is 0 Å². The Balaban J connectivity index is 2.40. The molecule has 2 aliphatic heterocycles. The molecule has 2 amide bonds. The van der Waals surface area contributed by atoms with E-state index in [1.165, 1.54) is 14.1 Å². The third kappa shape index (κ3) is 3.87. The number of rotatable bonds is 6. The Kier molecular flexibility index (Phi) is 6.40. The second-order valence-corrected chi connectivity index (χ2v) is 5.41.